The molecule has 1 amide bonds. The second-order valence-corrected chi connectivity index (χ2v) is 5.37. The van der Waals surface area contributed by atoms with E-state index in [2.05, 4.69) is 14.1 Å². The number of carbonyl (C=O) groups excluding carboxylic acids is 1. The molecular formula is C13H17ClN4OS. The molecule has 1 atom stereocenters. The van der Waals surface area contributed by atoms with Crippen molar-refractivity contribution in [3.05, 3.63) is 17.2 Å². The smallest absolute Gasteiger partial charge is 0.244 e. The van der Waals surface area contributed by atoms with Gasteiger partial charge in [0.1, 0.15) is 17.1 Å². The highest BCUT2D eigenvalue weighted by Crippen LogP contribution is 2.30. The number of nitrogens with zero attached hydrogens (tertiary/aromatic N) is 3. The Morgan fingerprint density at radius 1 is 1.40 bits per heavy atom. The Hall–Kier alpha value is -1.40. The largest absolute Gasteiger partial charge is 0.371 e. The fourth-order valence-electron chi connectivity index (χ4n) is 2.05. The molecule has 0 bridgehead atoms. The van der Waals surface area contributed by atoms with Gasteiger partial charge in [-0.05, 0) is 32.9 Å². The van der Waals surface area contributed by atoms with Gasteiger partial charge in [-0.25, -0.2) is 0 Å². The monoisotopic (exact) mass is 312 g/mol. The summed E-state index contributed by atoms with van der Waals surface area (Å²) in [7, 11) is 0. The number of benzene rings is 1. The molecule has 0 aliphatic carbocycles. The first-order chi connectivity index (χ1) is 9.58. The summed E-state index contributed by atoms with van der Waals surface area (Å²) < 4.78 is 8.41. The zero-order chi connectivity index (χ0) is 14.7. The highest BCUT2D eigenvalue weighted by atomic mass is 35.5. The lowest BCUT2D eigenvalue weighted by Gasteiger charge is -2.24. The third kappa shape index (κ3) is 2.86. The number of hydrogen-bond acceptors (Lipinski definition) is 5. The third-order valence-electron chi connectivity index (χ3n) is 3.18. The van der Waals surface area contributed by atoms with Crippen LogP contribution in [0.25, 0.3) is 11.0 Å². The fraction of sp³-hybridized carbons (Fsp3) is 0.462. The molecule has 5 nitrogen and oxygen atoms in total. The van der Waals surface area contributed by atoms with Gasteiger partial charge in [-0.15, -0.1) is 0 Å². The second kappa shape index (κ2) is 6.37. The first-order valence-corrected chi connectivity index (χ1v) is 7.65. The number of likely N-dealkylation sites (N-methyl/N-ethyl adjacent to an activating group) is 1. The Morgan fingerprint density at radius 3 is 2.75 bits per heavy atom. The van der Waals surface area contributed by atoms with Gasteiger partial charge in [0.05, 0.1) is 22.4 Å². The summed E-state index contributed by atoms with van der Waals surface area (Å²) >= 11 is 7.34. The van der Waals surface area contributed by atoms with Gasteiger partial charge in [0.25, 0.3) is 0 Å². The molecule has 0 saturated carbocycles. The van der Waals surface area contributed by atoms with Crippen LogP contribution in [0.4, 0.5) is 5.69 Å². The van der Waals surface area contributed by atoms with Crippen molar-refractivity contribution >= 4 is 46.0 Å². The van der Waals surface area contributed by atoms with E-state index in [-0.39, 0.29) is 11.9 Å². The normalized spacial score (nSPS) is 12.4. The molecule has 2 rings (SSSR count). The van der Waals surface area contributed by atoms with E-state index in [0.29, 0.717) is 29.3 Å². The number of fused-ring (bicyclic) bond motifs is 1. The molecule has 0 spiro atoms. The molecule has 0 aliphatic rings. The van der Waals surface area contributed by atoms with Gasteiger partial charge in [-0.3, -0.25) is 4.79 Å². The topological polar surface area (TPSA) is 58.1 Å². The molecule has 1 aromatic carbocycles. The van der Waals surface area contributed by atoms with Crippen molar-refractivity contribution in [2.75, 3.05) is 18.4 Å². The molecule has 1 aromatic heterocycles. The van der Waals surface area contributed by atoms with Crippen LogP contribution in [0.1, 0.15) is 20.8 Å². The average Bonchev–Trinajstić information content (AvgIpc) is 2.91. The van der Waals surface area contributed by atoms with E-state index in [1.807, 2.05) is 26.8 Å². The highest BCUT2D eigenvalue weighted by Gasteiger charge is 2.20. The lowest BCUT2D eigenvalue weighted by atomic mass is 10.2. The van der Waals surface area contributed by atoms with Crippen molar-refractivity contribution in [2.45, 2.75) is 26.8 Å². The van der Waals surface area contributed by atoms with Crippen molar-refractivity contribution < 1.29 is 4.79 Å². The SMILES string of the molecule is CCN(CC)C(=O)C(C)Nc1c(Cl)ccc2nsnc12. The number of aromatic nitrogens is 2. The Labute approximate surface area is 127 Å². The summed E-state index contributed by atoms with van der Waals surface area (Å²) in [5, 5.41) is 3.71. The predicted octanol–water partition coefficient (Wildman–Crippen LogP) is 3.01. The standard InChI is InChI=1S/C13H17ClN4OS/c1-4-18(5-2)13(19)8(3)15-11-9(14)6-7-10-12(11)17-20-16-10/h6-8,15H,4-5H2,1-3H3. The third-order valence-corrected chi connectivity index (χ3v) is 4.04. The van der Waals surface area contributed by atoms with Crippen LogP contribution in [-0.4, -0.2) is 38.7 Å². The molecule has 0 radical (unpaired) electrons. The van der Waals surface area contributed by atoms with Gasteiger partial charge in [0.2, 0.25) is 5.91 Å². The number of halogens is 1. The van der Waals surface area contributed by atoms with Crippen LogP contribution in [0, 0.1) is 0 Å². The molecule has 0 saturated heterocycles. The molecule has 108 valence electrons. The summed E-state index contributed by atoms with van der Waals surface area (Å²) in [5.74, 6) is 0.0475. The van der Waals surface area contributed by atoms with Gasteiger partial charge in [0, 0.05) is 13.1 Å². The van der Waals surface area contributed by atoms with E-state index in [9.17, 15) is 4.79 Å². The van der Waals surface area contributed by atoms with Gasteiger partial charge in [0.15, 0.2) is 0 Å². The molecule has 1 N–H and O–H groups in total. The minimum atomic E-state index is -0.361. The Bertz CT molecular complexity index is 611. The van der Waals surface area contributed by atoms with Crippen molar-refractivity contribution in [2.24, 2.45) is 0 Å². The number of nitrogens with one attached hydrogen (secondary N) is 1. The van der Waals surface area contributed by atoms with Gasteiger partial charge < -0.3 is 10.2 Å². The summed E-state index contributed by atoms with van der Waals surface area (Å²) in [5.41, 5.74) is 2.16. The number of anilines is 1. The average molecular weight is 313 g/mol. The molecule has 7 heteroatoms. The Balaban J connectivity index is 2.25. The lowest BCUT2D eigenvalue weighted by molar-refractivity contribution is -0.131. The molecule has 0 aliphatic heterocycles. The highest BCUT2D eigenvalue weighted by molar-refractivity contribution is 7.00. The molecule has 1 heterocycles. The van der Waals surface area contributed by atoms with E-state index in [4.69, 9.17) is 11.6 Å². The Kier molecular flexibility index (Phi) is 4.77. The minimum Gasteiger partial charge on any atom is -0.371 e. The zero-order valence-electron chi connectivity index (χ0n) is 11.7. The lowest BCUT2D eigenvalue weighted by Crippen LogP contribution is -2.41. The maximum atomic E-state index is 12.3. The van der Waals surface area contributed by atoms with Crippen LogP contribution in [0.5, 0.6) is 0 Å². The first-order valence-electron chi connectivity index (χ1n) is 6.54. The van der Waals surface area contributed by atoms with Crippen molar-refractivity contribution in [1.29, 1.82) is 0 Å². The van der Waals surface area contributed by atoms with E-state index >= 15 is 0 Å². The fourth-order valence-corrected chi connectivity index (χ4v) is 2.80. The van der Waals surface area contributed by atoms with Gasteiger partial charge in [-0.2, -0.15) is 8.75 Å². The van der Waals surface area contributed by atoms with Crippen LogP contribution in [-0.2, 0) is 4.79 Å². The van der Waals surface area contributed by atoms with Crippen LogP contribution < -0.4 is 5.32 Å². The van der Waals surface area contributed by atoms with Crippen molar-refractivity contribution in [3.8, 4) is 0 Å². The quantitative estimate of drug-likeness (QED) is 0.922. The number of hydrogen-bond donors (Lipinski definition) is 1. The Morgan fingerprint density at radius 2 is 2.10 bits per heavy atom. The molecular weight excluding hydrogens is 296 g/mol. The molecule has 20 heavy (non-hydrogen) atoms. The van der Waals surface area contributed by atoms with E-state index < -0.39 is 0 Å². The van der Waals surface area contributed by atoms with E-state index in [1.54, 1.807) is 11.0 Å². The maximum Gasteiger partial charge on any atom is 0.244 e. The molecule has 0 fully saturated rings. The van der Waals surface area contributed by atoms with Crippen LogP contribution >= 0.6 is 23.3 Å². The predicted molar refractivity (Wildman–Crippen MR) is 83.4 cm³/mol. The number of carbonyl (C=O) groups is 1. The molecule has 2 aromatic rings. The number of rotatable bonds is 5. The van der Waals surface area contributed by atoms with Gasteiger partial charge in [-0.1, -0.05) is 11.6 Å². The second-order valence-electron chi connectivity index (χ2n) is 4.43. The number of amides is 1. The summed E-state index contributed by atoms with van der Waals surface area (Å²) in [6.07, 6.45) is 0. The van der Waals surface area contributed by atoms with Crippen molar-refractivity contribution in [3.63, 3.8) is 0 Å². The van der Waals surface area contributed by atoms with E-state index in [0.717, 1.165) is 17.2 Å². The summed E-state index contributed by atoms with van der Waals surface area (Å²) in [6, 6.07) is 3.23. The first kappa shape index (κ1) is 15.0. The summed E-state index contributed by atoms with van der Waals surface area (Å²) in [6.45, 7) is 7.14. The van der Waals surface area contributed by atoms with Crippen LogP contribution in [0.15, 0.2) is 12.1 Å². The van der Waals surface area contributed by atoms with Crippen LogP contribution in [0.2, 0.25) is 5.02 Å². The summed E-state index contributed by atoms with van der Waals surface area (Å²) in [4.78, 5) is 14.1. The maximum absolute atomic E-state index is 12.3. The van der Waals surface area contributed by atoms with Gasteiger partial charge >= 0.3 is 0 Å². The zero-order valence-corrected chi connectivity index (χ0v) is 13.3. The molecule has 1 unspecified atom stereocenters. The van der Waals surface area contributed by atoms with Crippen LogP contribution in [0.3, 0.4) is 0 Å². The van der Waals surface area contributed by atoms with E-state index in [1.165, 1.54) is 0 Å². The van der Waals surface area contributed by atoms with Crippen molar-refractivity contribution in [1.82, 2.24) is 13.6 Å². The minimum absolute atomic E-state index is 0.0475.